The van der Waals surface area contributed by atoms with E-state index in [9.17, 15) is 22.8 Å². The number of benzene rings is 2. The van der Waals surface area contributed by atoms with Gasteiger partial charge in [-0.3, -0.25) is 15.0 Å². The molecule has 0 saturated carbocycles. The first kappa shape index (κ1) is 32.8. The highest BCUT2D eigenvalue weighted by Crippen LogP contribution is 2.31. The Morgan fingerprint density at radius 2 is 1.77 bits per heavy atom. The topological polar surface area (TPSA) is 185 Å². The molecule has 0 saturated heterocycles. The van der Waals surface area contributed by atoms with Crippen molar-refractivity contribution >= 4 is 50.6 Å². The standard InChI is InChI=1S/C29H32N6O6S2/c1-32-23-7-5-4-6-22(23)20-10-8-19(9-11-20)16-29(35-28(38)41-2,14-15-43(3,39)40)27(37)34-18-25(36)33-17-21-12-13-24(42-21)26(30)31/h4-13H,14-18H2,2-3H3,(H3,30,31)(H,33,36)(H,34,37)(H,35,38). The maximum atomic E-state index is 13.6. The Morgan fingerprint density at radius 3 is 2.37 bits per heavy atom. The number of amidine groups is 1. The molecule has 43 heavy (non-hydrogen) atoms. The van der Waals surface area contributed by atoms with Gasteiger partial charge in [0.05, 0.1) is 37.4 Å². The van der Waals surface area contributed by atoms with Crippen LogP contribution in [-0.4, -0.2) is 63.4 Å². The molecule has 226 valence electrons. The molecule has 0 aliphatic heterocycles. The second kappa shape index (κ2) is 14.4. The van der Waals surface area contributed by atoms with Gasteiger partial charge in [0.2, 0.25) is 11.8 Å². The lowest BCUT2D eigenvalue weighted by molar-refractivity contribution is -0.130. The maximum Gasteiger partial charge on any atom is 0.407 e. The minimum atomic E-state index is -3.55. The van der Waals surface area contributed by atoms with Crippen molar-refractivity contribution in [3.63, 3.8) is 0 Å². The fourth-order valence-corrected chi connectivity index (χ4v) is 5.74. The number of amides is 3. The van der Waals surface area contributed by atoms with Crippen molar-refractivity contribution < 1.29 is 27.5 Å². The number of alkyl carbamates (subject to hydrolysis) is 1. The van der Waals surface area contributed by atoms with Gasteiger partial charge in [-0.15, -0.1) is 11.3 Å². The van der Waals surface area contributed by atoms with Crippen molar-refractivity contribution in [2.45, 2.75) is 24.9 Å². The normalized spacial score (nSPS) is 12.3. The number of ether oxygens (including phenoxy) is 1. The van der Waals surface area contributed by atoms with Crippen molar-refractivity contribution in [2.24, 2.45) is 5.73 Å². The summed E-state index contributed by atoms with van der Waals surface area (Å²) in [6.45, 7) is 7.12. The molecule has 0 radical (unpaired) electrons. The number of methoxy groups -OCH3 is 1. The zero-order valence-electron chi connectivity index (χ0n) is 23.6. The van der Waals surface area contributed by atoms with Gasteiger partial charge in [0, 0.05) is 17.6 Å². The van der Waals surface area contributed by atoms with Crippen LogP contribution in [0.3, 0.4) is 0 Å². The number of carbonyl (C=O) groups is 3. The lowest BCUT2D eigenvalue weighted by atomic mass is 9.86. The molecule has 0 aliphatic rings. The summed E-state index contributed by atoms with van der Waals surface area (Å²) in [4.78, 5) is 43.5. The Balaban J connectivity index is 1.83. The first-order chi connectivity index (χ1) is 20.4. The molecule has 0 fully saturated rings. The molecule has 3 amide bonds. The van der Waals surface area contributed by atoms with Crippen LogP contribution in [0, 0.1) is 12.0 Å². The fraction of sp³-hybridized carbons (Fsp3) is 0.276. The first-order valence-electron chi connectivity index (χ1n) is 12.9. The zero-order chi connectivity index (χ0) is 31.6. The molecular formula is C29H32N6O6S2. The number of nitrogen functional groups attached to an aromatic ring is 1. The van der Waals surface area contributed by atoms with Crippen LogP contribution in [0.5, 0.6) is 0 Å². The minimum absolute atomic E-state index is 0.0822. The van der Waals surface area contributed by atoms with E-state index in [2.05, 4.69) is 20.8 Å². The van der Waals surface area contributed by atoms with Crippen molar-refractivity contribution in [1.29, 1.82) is 5.41 Å². The van der Waals surface area contributed by atoms with E-state index in [0.717, 1.165) is 29.4 Å². The summed E-state index contributed by atoms with van der Waals surface area (Å²) >= 11 is 1.25. The largest absolute Gasteiger partial charge is 0.453 e. The molecule has 1 unspecified atom stereocenters. The second-order valence-corrected chi connectivity index (χ2v) is 13.1. The summed E-state index contributed by atoms with van der Waals surface area (Å²) in [5.41, 5.74) is 6.25. The third-order valence-corrected chi connectivity index (χ3v) is 8.52. The molecule has 0 spiro atoms. The van der Waals surface area contributed by atoms with Crippen LogP contribution in [0.1, 0.15) is 21.7 Å². The Morgan fingerprint density at radius 1 is 1.07 bits per heavy atom. The molecule has 3 aromatic rings. The average molecular weight is 625 g/mol. The van der Waals surface area contributed by atoms with Gasteiger partial charge in [0.25, 0.3) is 0 Å². The van der Waals surface area contributed by atoms with E-state index in [1.165, 1.54) is 11.3 Å². The number of rotatable bonds is 13. The van der Waals surface area contributed by atoms with Gasteiger partial charge in [0.15, 0.2) is 5.69 Å². The molecule has 2 aromatic carbocycles. The van der Waals surface area contributed by atoms with E-state index in [-0.39, 0.29) is 25.2 Å². The van der Waals surface area contributed by atoms with Crippen molar-refractivity contribution in [1.82, 2.24) is 16.0 Å². The quantitative estimate of drug-likeness (QED) is 0.110. The Bertz CT molecular complexity index is 1650. The van der Waals surface area contributed by atoms with E-state index in [4.69, 9.17) is 22.5 Å². The van der Waals surface area contributed by atoms with Gasteiger partial charge >= 0.3 is 6.09 Å². The summed E-state index contributed by atoms with van der Waals surface area (Å²) in [6, 6.07) is 17.5. The van der Waals surface area contributed by atoms with Crippen LogP contribution < -0.4 is 21.7 Å². The molecule has 3 rings (SSSR count). The number of nitrogens with one attached hydrogen (secondary N) is 4. The van der Waals surface area contributed by atoms with Crippen LogP contribution in [-0.2, 0) is 37.1 Å². The minimum Gasteiger partial charge on any atom is -0.453 e. The van der Waals surface area contributed by atoms with E-state index in [0.29, 0.717) is 16.1 Å². The summed E-state index contributed by atoms with van der Waals surface area (Å²) in [5.74, 6) is -1.80. The highest BCUT2D eigenvalue weighted by molar-refractivity contribution is 7.90. The number of hydrogen-bond acceptors (Lipinski definition) is 8. The number of carbonyl (C=O) groups excluding carboxylic acids is 3. The molecule has 0 aliphatic carbocycles. The highest BCUT2D eigenvalue weighted by atomic mass is 32.2. The lowest BCUT2D eigenvalue weighted by Gasteiger charge is -2.33. The van der Waals surface area contributed by atoms with Gasteiger partial charge in [0.1, 0.15) is 21.2 Å². The Labute approximate surface area is 253 Å². The van der Waals surface area contributed by atoms with Gasteiger partial charge in [-0.05, 0) is 35.2 Å². The van der Waals surface area contributed by atoms with E-state index < -0.39 is 45.6 Å². The number of nitrogens with zero attached hydrogens (tertiary/aromatic N) is 1. The maximum absolute atomic E-state index is 13.6. The Hall–Kier alpha value is -4.74. The molecule has 12 nitrogen and oxygen atoms in total. The highest BCUT2D eigenvalue weighted by Gasteiger charge is 2.41. The molecular weight excluding hydrogens is 592 g/mol. The van der Waals surface area contributed by atoms with E-state index >= 15 is 0 Å². The molecule has 1 atom stereocenters. The predicted octanol–water partition coefficient (Wildman–Crippen LogP) is 2.75. The number of hydrogen-bond donors (Lipinski definition) is 5. The van der Waals surface area contributed by atoms with Gasteiger partial charge in [-0.25, -0.2) is 18.1 Å². The zero-order valence-corrected chi connectivity index (χ0v) is 25.2. The molecule has 14 heteroatoms. The lowest BCUT2D eigenvalue weighted by Crippen LogP contribution is -2.61. The van der Waals surface area contributed by atoms with Crippen molar-refractivity contribution in [3.05, 3.63) is 87.4 Å². The fourth-order valence-electron chi connectivity index (χ4n) is 4.21. The molecule has 1 aromatic heterocycles. The summed E-state index contributed by atoms with van der Waals surface area (Å²) in [5, 5.41) is 15.2. The van der Waals surface area contributed by atoms with E-state index in [1.54, 1.807) is 48.5 Å². The SMILES string of the molecule is [C-]#[N+]c1ccccc1-c1ccc(CC(CCS(C)(=O)=O)(NC(=O)OC)C(=O)NCC(=O)NCc2ccc(C(=N)N)s2)cc1. The molecule has 6 N–H and O–H groups in total. The van der Waals surface area contributed by atoms with Crippen molar-refractivity contribution in [3.8, 4) is 11.1 Å². The van der Waals surface area contributed by atoms with Crippen LogP contribution >= 0.6 is 11.3 Å². The smallest absolute Gasteiger partial charge is 0.407 e. The van der Waals surface area contributed by atoms with Crippen LogP contribution in [0.15, 0.2) is 60.7 Å². The second-order valence-electron chi connectivity index (χ2n) is 9.72. The first-order valence-corrected chi connectivity index (χ1v) is 15.8. The van der Waals surface area contributed by atoms with Crippen molar-refractivity contribution in [2.75, 3.05) is 25.7 Å². The van der Waals surface area contributed by atoms with Crippen LogP contribution in [0.2, 0.25) is 0 Å². The van der Waals surface area contributed by atoms with Gasteiger partial charge < -0.3 is 26.4 Å². The number of sulfone groups is 1. The Kier molecular flexibility index (Phi) is 11.0. The van der Waals surface area contributed by atoms with E-state index in [1.807, 2.05) is 12.1 Å². The van der Waals surface area contributed by atoms with Gasteiger partial charge in [-0.2, -0.15) is 0 Å². The summed E-state index contributed by atoms with van der Waals surface area (Å²) < 4.78 is 29.0. The molecule has 0 bridgehead atoms. The monoisotopic (exact) mass is 624 g/mol. The molecule has 1 heterocycles. The third-order valence-electron chi connectivity index (χ3n) is 6.45. The third kappa shape index (κ3) is 9.38. The average Bonchev–Trinajstić information content (AvgIpc) is 3.47. The van der Waals surface area contributed by atoms with Gasteiger partial charge in [-0.1, -0.05) is 48.5 Å². The van der Waals surface area contributed by atoms with Crippen LogP contribution in [0.25, 0.3) is 16.0 Å². The number of para-hydroxylation sites is 1. The van der Waals surface area contributed by atoms with Crippen LogP contribution in [0.4, 0.5) is 10.5 Å². The number of thiophene rings is 1. The summed E-state index contributed by atoms with van der Waals surface area (Å²) in [7, 11) is -2.43. The number of nitrogens with two attached hydrogens (primary N) is 1. The predicted molar refractivity (Wildman–Crippen MR) is 165 cm³/mol. The summed E-state index contributed by atoms with van der Waals surface area (Å²) in [6.07, 6.45) is -0.333.